The largest absolute Gasteiger partial charge is 0.482 e. The van der Waals surface area contributed by atoms with E-state index in [1.54, 1.807) is 30.1 Å². The summed E-state index contributed by atoms with van der Waals surface area (Å²) >= 11 is 0. The van der Waals surface area contributed by atoms with Crippen LogP contribution in [-0.4, -0.2) is 53.9 Å². The van der Waals surface area contributed by atoms with Crippen molar-refractivity contribution in [2.45, 2.75) is 33.1 Å². The SMILES string of the molecule is Cc1c(C)n(C)c2ccc(C(=O)N3CCC(CC(=O)Nc4ccc5c(c4)N(C)C(=O)CO5)CC3)cc12. The van der Waals surface area contributed by atoms with E-state index in [1.807, 2.05) is 30.1 Å². The minimum Gasteiger partial charge on any atom is -0.482 e. The molecule has 1 aromatic heterocycles. The third-order valence-electron chi connectivity index (χ3n) is 7.76. The molecule has 0 aliphatic carbocycles. The number of hydrogen-bond acceptors (Lipinski definition) is 4. The Kier molecular flexibility index (Phi) is 6.20. The number of hydrogen-bond donors (Lipinski definition) is 1. The van der Waals surface area contributed by atoms with Crippen LogP contribution in [0.1, 0.15) is 40.9 Å². The summed E-state index contributed by atoms with van der Waals surface area (Å²) in [6.07, 6.45) is 1.99. The number of aromatic nitrogens is 1. The van der Waals surface area contributed by atoms with Gasteiger partial charge in [-0.1, -0.05) is 0 Å². The molecule has 3 heterocycles. The number of anilines is 2. The zero-order valence-electron chi connectivity index (χ0n) is 21.3. The van der Waals surface area contributed by atoms with E-state index in [0.717, 1.165) is 23.7 Å². The monoisotopic (exact) mass is 488 g/mol. The molecule has 0 saturated carbocycles. The van der Waals surface area contributed by atoms with Crippen molar-refractivity contribution in [2.24, 2.45) is 13.0 Å². The molecule has 8 heteroatoms. The Hall–Kier alpha value is -3.81. The summed E-state index contributed by atoms with van der Waals surface area (Å²) in [5, 5.41) is 4.07. The van der Waals surface area contributed by atoms with Crippen LogP contribution in [0.25, 0.3) is 10.9 Å². The number of nitrogens with zero attached hydrogens (tertiary/aromatic N) is 3. The second kappa shape index (κ2) is 9.33. The van der Waals surface area contributed by atoms with Crippen molar-refractivity contribution in [3.63, 3.8) is 0 Å². The van der Waals surface area contributed by atoms with E-state index in [1.165, 1.54) is 11.3 Å². The summed E-state index contributed by atoms with van der Waals surface area (Å²) in [4.78, 5) is 41.2. The van der Waals surface area contributed by atoms with Crippen LogP contribution >= 0.6 is 0 Å². The number of fused-ring (bicyclic) bond motifs is 2. The Morgan fingerprint density at radius 3 is 2.56 bits per heavy atom. The quantitative estimate of drug-likeness (QED) is 0.601. The standard InChI is InChI=1S/C28H32N4O4/c1-17-18(2)30(3)23-7-5-20(14-22(17)23)28(35)32-11-9-19(10-12-32)13-26(33)29-21-6-8-25-24(15-21)31(4)27(34)16-36-25/h5-8,14-15,19H,9-13,16H2,1-4H3,(H,29,33). The number of likely N-dealkylation sites (N-methyl/N-ethyl adjacent to an activating group) is 1. The van der Waals surface area contributed by atoms with Crippen LogP contribution in [0.4, 0.5) is 11.4 Å². The molecule has 8 nitrogen and oxygen atoms in total. The zero-order valence-corrected chi connectivity index (χ0v) is 21.3. The van der Waals surface area contributed by atoms with Crippen LogP contribution < -0.4 is 15.0 Å². The highest BCUT2D eigenvalue weighted by molar-refractivity contribution is 6.00. The molecule has 0 spiro atoms. The Labute approximate surface area is 210 Å². The number of piperidine rings is 1. The lowest BCUT2D eigenvalue weighted by molar-refractivity contribution is -0.121. The average molecular weight is 489 g/mol. The number of carbonyl (C=O) groups is 3. The van der Waals surface area contributed by atoms with Gasteiger partial charge in [-0.25, -0.2) is 0 Å². The third kappa shape index (κ3) is 4.32. The van der Waals surface area contributed by atoms with Crippen molar-refractivity contribution < 1.29 is 19.1 Å². The van der Waals surface area contributed by atoms with Gasteiger partial charge in [-0.2, -0.15) is 0 Å². The molecule has 1 saturated heterocycles. The molecule has 188 valence electrons. The minimum absolute atomic E-state index is 0.0244. The Balaban J connectivity index is 1.17. The van der Waals surface area contributed by atoms with E-state index < -0.39 is 0 Å². The normalized spacial score (nSPS) is 16.2. The molecule has 1 N–H and O–H groups in total. The topological polar surface area (TPSA) is 83.9 Å². The predicted molar refractivity (Wildman–Crippen MR) is 140 cm³/mol. The maximum Gasteiger partial charge on any atom is 0.264 e. The molecule has 36 heavy (non-hydrogen) atoms. The van der Waals surface area contributed by atoms with Gasteiger partial charge >= 0.3 is 0 Å². The number of likely N-dealkylation sites (tertiary alicyclic amines) is 1. The Morgan fingerprint density at radius 2 is 1.81 bits per heavy atom. The number of amides is 3. The minimum atomic E-state index is -0.124. The molecule has 0 bridgehead atoms. The van der Waals surface area contributed by atoms with Gasteiger partial charge in [-0.3, -0.25) is 14.4 Å². The first kappa shape index (κ1) is 23.9. The highest BCUT2D eigenvalue weighted by Gasteiger charge is 2.26. The first-order valence-corrected chi connectivity index (χ1v) is 12.4. The second-order valence-corrected chi connectivity index (χ2v) is 9.91. The van der Waals surface area contributed by atoms with Crippen LogP contribution in [-0.2, 0) is 16.6 Å². The summed E-state index contributed by atoms with van der Waals surface area (Å²) < 4.78 is 7.60. The first-order valence-electron chi connectivity index (χ1n) is 12.4. The van der Waals surface area contributed by atoms with Crippen LogP contribution in [0.15, 0.2) is 36.4 Å². The van der Waals surface area contributed by atoms with Gasteiger partial charge in [-0.05, 0) is 74.6 Å². The van der Waals surface area contributed by atoms with E-state index >= 15 is 0 Å². The number of nitrogens with one attached hydrogen (secondary N) is 1. The van der Waals surface area contributed by atoms with Gasteiger partial charge in [0, 0.05) is 61.5 Å². The summed E-state index contributed by atoms with van der Waals surface area (Å²) in [5.74, 6) is 0.715. The number of rotatable bonds is 4. The first-order chi connectivity index (χ1) is 17.2. The van der Waals surface area contributed by atoms with E-state index in [4.69, 9.17) is 4.74 Å². The van der Waals surface area contributed by atoms with Crippen LogP contribution in [0.5, 0.6) is 5.75 Å². The fraction of sp³-hybridized carbons (Fsp3) is 0.393. The summed E-state index contributed by atoms with van der Waals surface area (Å²) in [7, 11) is 3.75. The smallest absolute Gasteiger partial charge is 0.264 e. The van der Waals surface area contributed by atoms with Gasteiger partial charge in [0.2, 0.25) is 5.91 Å². The zero-order chi connectivity index (χ0) is 25.6. The molecular weight excluding hydrogens is 456 g/mol. The third-order valence-corrected chi connectivity index (χ3v) is 7.76. The van der Waals surface area contributed by atoms with Crippen molar-refractivity contribution in [3.05, 3.63) is 53.2 Å². The van der Waals surface area contributed by atoms with Gasteiger partial charge < -0.3 is 24.4 Å². The van der Waals surface area contributed by atoms with Crippen molar-refractivity contribution in [1.29, 1.82) is 0 Å². The van der Waals surface area contributed by atoms with Crippen LogP contribution in [0.2, 0.25) is 0 Å². The van der Waals surface area contributed by atoms with E-state index in [-0.39, 0.29) is 30.2 Å². The van der Waals surface area contributed by atoms with Crippen molar-refractivity contribution in [2.75, 3.05) is 37.0 Å². The number of ether oxygens (including phenoxy) is 1. The lowest BCUT2D eigenvalue weighted by Gasteiger charge is -2.32. The lowest BCUT2D eigenvalue weighted by Crippen LogP contribution is -2.39. The van der Waals surface area contributed by atoms with Gasteiger partial charge in [0.1, 0.15) is 5.75 Å². The molecule has 2 aliphatic heterocycles. The number of aryl methyl sites for hydroxylation is 2. The van der Waals surface area contributed by atoms with Crippen molar-refractivity contribution in [3.8, 4) is 5.75 Å². The maximum atomic E-state index is 13.2. The molecular formula is C28H32N4O4. The Bertz CT molecular complexity index is 1370. The maximum absolute atomic E-state index is 13.2. The molecule has 0 radical (unpaired) electrons. The number of carbonyl (C=O) groups excluding carboxylic acids is 3. The molecule has 2 aliphatic rings. The lowest BCUT2D eigenvalue weighted by atomic mass is 9.92. The molecule has 3 amide bonds. The molecule has 0 unspecified atom stereocenters. The fourth-order valence-electron chi connectivity index (χ4n) is 5.24. The highest BCUT2D eigenvalue weighted by atomic mass is 16.5. The highest BCUT2D eigenvalue weighted by Crippen LogP contribution is 2.34. The Morgan fingerprint density at radius 1 is 1.06 bits per heavy atom. The fourth-order valence-corrected chi connectivity index (χ4v) is 5.24. The van der Waals surface area contributed by atoms with E-state index in [0.29, 0.717) is 42.2 Å². The van der Waals surface area contributed by atoms with Crippen molar-refractivity contribution in [1.82, 2.24) is 9.47 Å². The summed E-state index contributed by atoms with van der Waals surface area (Å²) in [6.45, 7) is 5.50. The van der Waals surface area contributed by atoms with Gasteiger partial charge in [-0.15, -0.1) is 0 Å². The summed E-state index contributed by atoms with van der Waals surface area (Å²) in [5.41, 5.74) is 5.55. The molecule has 2 aromatic carbocycles. The molecule has 5 rings (SSSR count). The van der Waals surface area contributed by atoms with E-state index in [2.05, 4.69) is 23.7 Å². The van der Waals surface area contributed by atoms with Crippen LogP contribution in [0, 0.1) is 19.8 Å². The molecule has 3 aromatic rings. The van der Waals surface area contributed by atoms with E-state index in [9.17, 15) is 14.4 Å². The number of benzene rings is 2. The summed E-state index contributed by atoms with van der Waals surface area (Å²) in [6, 6.07) is 11.3. The predicted octanol–water partition coefficient (Wildman–Crippen LogP) is 4.03. The van der Waals surface area contributed by atoms with Gasteiger partial charge in [0.25, 0.3) is 11.8 Å². The molecule has 0 atom stereocenters. The second-order valence-electron chi connectivity index (χ2n) is 9.91. The molecule has 1 fully saturated rings. The van der Waals surface area contributed by atoms with Crippen molar-refractivity contribution >= 4 is 40.0 Å². The average Bonchev–Trinajstić information content (AvgIpc) is 3.10. The van der Waals surface area contributed by atoms with Gasteiger partial charge in [0.15, 0.2) is 6.61 Å². The van der Waals surface area contributed by atoms with Crippen LogP contribution in [0.3, 0.4) is 0 Å². The van der Waals surface area contributed by atoms with Gasteiger partial charge in [0.05, 0.1) is 5.69 Å².